The second kappa shape index (κ2) is 15.5. The Labute approximate surface area is 245 Å². The number of rotatable bonds is 11. The van der Waals surface area contributed by atoms with Gasteiger partial charge in [0.25, 0.3) is 0 Å². The maximum Gasteiger partial charge on any atom is 0.329 e. The maximum atomic E-state index is 13.5. The molecule has 0 aliphatic carbocycles. The van der Waals surface area contributed by atoms with Crippen LogP contribution in [0.2, 0.25) is 0 Å². The van der Waals surface area contributed by atoms with E-state index in [1.807, 2.05) is 68.4 Å². The number of benzene rings is 2. The minimum absolute atomic E-state index is 0.165. The third kappa shape index (κ3) is 11.5. The molecule has 1 aliphatic heterocycles. The van der Waals surface area contributed by atoms with Crippen molar-refractivity contribution in [2.24, 2.45) is 5.92 Å². The minimum atomic E-state index is -0.914. The van der Waals surface area contributed by atoms with Crippen molar-refractivity contribution < 1.29 is 23.9 Å². The topological polar surface area (TPSA) is 97.0 Å². The largest absolute Gasteiger partial charge is 0.489 e. The molecule has 1 aliphatic rings. The molecule has 2 aromatic rings. The van der Waals surface area contributed by atoms with Crippen LogP contribution in [0.3, 0.4) is 0 Å². The Morgan fingerprint density at radius 1 is 0.829 bits per heavy atom. The fourth-order valence-corrected chi connectivity index (χ4v) is 4.75. The predicted molar refractivity (Wildman–Crippen MR) is 161 cm³/mol. The number of amides is 3. The molecule has 0 spiro atoms. The average Bonchev–Trinajstić information content (AvgIpc) is 3.21. The molecule has 3 amide bonds. The number of urea groups is 1. The van der Waals surface area contributed by atoms with Crippen molar-refractivity contribution in [3.05, 3.63) is 65.7 Å². The van der Waals surface area contributed by atoms with Crippen molar-refractivity contribution in [1.29, 1.82) is 0 Å². The van der Waals surface area contributed by atoms with E-state index in [4.69, 9.17) is 9.47 Å². The van der Waals surface area contributed by atoms with Gasteiger partial charge in [-0.1, -0.05) is 69.2 Å². The highest BCUT2D eigenvalue weighted by Gasteiger charge is 2.31. The SMILES string of the molecule is CC(C)C[C@H](NC(=O)N1CCCCCC1)C(=O)N[C@H](Cc1ccc(OCc2ccccc2)cc1)C(=O)OC(C)(C)C. The van der Waals surface area contributed by atoms with Crippen LogP contribution in [0.15, 0.2) is 54.6 Å². The molecule has 2 atom stereocenters. The zero-order valence-electron chi connectivity index (χ0n) is 25.3. The zero-order valence-corrected chi connectivity index (χ0v) is 25.3. The van der Waals surface area contributed by atoms with Crippen molar-refractivity contribution in [3.63, 3.8) is 0 Å². The molecule has 3 rings (SSSR count). The Balaban J connectivity index is 1.70. The Bertz CT molecular complexity index is 1100. The lowest BCUT2D eigenvalue weighted by atomic mass is 10.0. The van der Waals surface area contributed by atoms with Crippen LogP contribution < -0.4 is 15.4 Å². The second-order valence-electron chi connectivity index (χ2n) is 12.2. The molecule has 0 aromatic heterocycles. The summed E-state index contributed by atoms with van der Waals surface area (Å²) in [5.41, 5.74) is 1.21. The summed E-state index contributed by atoms with van der Waals surface area (Å²) >= 11 is 0. The fraction of sp³-hybridized carbons (Fsp3) is 0.545. The number of ether oxygens (including phenoxy) is 2. The van der Waals surface area contributed by atoms with Crippen molar-refractivity contribution in [1.82, 2.24) is 15.5 Å². The summed E-state index contributed by atoms with van der Waals surface area (Å²) in [6.45, 7) is 11.2. The summed E-state index contributed by atoms with van der Waals surface area (Å²) in [5, 5.41) is 5.84. The van der Waals surface area contributed by atoms with Gasteiger partial charge in [-0.2, -0.15) is 0 Å². The Morgan fingerprint density at radius 3 is 2.05 bits per heavy atom. The molecular weight excluding hydrogens is 518 g/mol. The van der Waals surface area contributed by atoms with E-state index in [1.54, 1.807) is 25.7 Å². The molecule has 1 saturated heterocycles. The molecule has 2 N–H and O–H groups in total. The van der Waals surface area contributed by atoms with Crippen LogP contribution in [0.1, 0.15) is 77.8 Å². The van der Waals surface area contributed by atoms with E-state index < -0.39 is 23.7 Å². The molecule has 1 heterocycles. The molecule has 2 aromatic carbocycles. The van der Waals surface area contributed by atoms with Crippen molar-refractivity contribution in [2.45, 2.75) is 97.4 Å². The van der Waals surface area contributed by atoms with Gasteiger partial charge in [-0.3, -0.25) is 4.79 Å². The Kier molecular flexibility index (Phi) is 12.0. The minimum Gasteiger partial charge on any atom is -0.489 e. The first-order valence-corrected chi connectivity index (χ1v) is 14.8. The van der Waals surface area contributed by atoms with Crippen LogP contribution in [0.4, 0.5) is 4.79 Å². The van der Waals surface area contributed by atoms with Crippen molar-refractivity contribution in [3.8, 4) is 5.75 Å². The summed E-state index contributed by atoms with van der Waals surface area (Å²) in [5.74, 6) is -0.0276. The molecule has 0 bridgehead atoms. The number of likely N-dealkylation sites (tertiary alicyclic amines) is 1. The smallest absolute Gasteiger partial charge is 0.329 e. The molecule has 224 valence electrons. The lowest BCUT2D eigenvalue weighted by molar-refractivity contribution is -0.158. The van der Waals surface area contributed by atoms with E-state index in [1.165, 1.54) is 0 Å². The van der Waals surface area contributed by atoms with Crippen LogP contribution in [0, 0.1) is 5.92 Å². The standard InChI is InChI=1S/C33H47N3O5/c1-24(2)21-28(35-32(39)36-19-11-6-7-12-20-36)30(37)34-29(31(38)41-33(3,4)5)22-25-15-17-27(18-16-25)40-23-26-13-9-8-10-14-26/h8-10,13-18,24,28-29H,6-7,11-12,19-23H2,1-5H3,(H,34,37)(H,35,39)/t28-,29+/m0/s1. The number of carbonyl (C=O) groups excluding carboxylic acids is 3. The van der Waals surface area contributed by atoms with E-state index >= 15 is 0 Å². The van der Waals surface area contributed by atoms with E-state index in [9.17, 15) is 14.4 Å². The van der Waals surface area contributed by atoms with Crippen LogP contribution in [0.5, 0.6) is 5.75 Å². The Hall–Kier alpha value is -3.55. The van der Waals surface area contributed by atoms with Gasteiger partial charge in [0.15, 0.2) is 0 Å². The normalized spacial score (nSPS) is 15.4. The van der Waals surface area contributed by atoms with Crippen molar-refractivity contribution >= 4 is 17.9 Å². The van der Waals surface area contributed by atoms with Gasteiger partial charge < -0.3 is 25.0 Å². The van der Waals surface area contributed by atoms with Crippen LogP contribution >= 0.6 is 0 Å². The van der Waals surface area contributed by atoms with Gasteiger partial charge in [-0.25, -0.2) is 9.59 Å². The van der Waals surface area contributed by atoms with Gasteiger partial charge in [0.2, 0.25) is 5.91 Å². The number of esters is 1. The van der Waals surface area contributed by atoms with Crippen LogP contribution in [-0.4, -0.2) is 53.6 Å². The highest BCUT2D eigenvalue weighted by molar-refractivity contribution is 5.90. The number of hydrogen-bond donors (Lipinski definition) is 2. The monoisotopic (exact) mass is 565 g/mol. The summed E-state index contributed by atoms with van der Waals surface area (Å²) in [6, 6.07) is 15.5. The first-order valence-electron chi connectivity index (χ1n) is 14.8. The molecule has 8 nitrogen and oxygen atoms in total. The summed E-state index contributed by atoms with van der Waals surface area (Å²) in [6.07, 6.45) is 4.85. The number of carbonyl (C=O) groups is 3. The van der Waals surface area contributed by atoms with Gasteiger partial charge in [0.1, 0.15) is 30.0 Å². The molecule has 0 unspecified atom stereocenters. The lowest BCUT2D eigenvalue weighted by Gasteiger charge is -2.28. The second-order valence-corrected chi connectivity index (χ2v) is 12.2. The van der Waals surface area contributed by atoms with Crippen LogP contribution in [0.25, 0.3) is 0 Å². The predicted octanol–water partition coefficient (Wildman–Crippen LogP) is 5.63. The van der Waals surface area contributed by atoms with Gasteiger partial charge >= 0.3 is 12.0 Å². The van der Waals surface area contributed by atoms with E-state index in [0.717, 1.165) is 36.8 Å². The molecular formula is C33H47N3O5. The molecule has 1 fully saturated rings. The quantitative estimate of drug-likeness (QED) is 0.344. The van der Waals surface area contributed by atoms with Gasteiger partial charge in [0, 0.05) is 19.5 Å². The molecule has 0 radical (unpaired) electrons. The van der Waals surface area contributed by atoms with Crippen LogP contribution in [-0.2, 0) is 27.4 Å². The Morgan fingerprint density at radius 2 is 1.46 bits per heavy atom. The highest BCUT2D eigenvalue weighted by atomic mass is 16.6. The number of nitrogens with zero attached hydrogens (tertiary/aromatic N) is 1. The lowest BCUT2D eigenvalue weighted by Crippen LogP contribution is -2.55. The summed E-state index contributed by atoms with van der Waals surface area (Å²) in [7, 11) is 0. The zero-order chi connectivity index (χ0) is 29.8. The summed E-state index contributed by atoms with van der Waals surface area (Å²) < 4.78 is 11.5. The molecule has 8 heteroatoms. The highest BCUT2D eigenvalue weighted by Crippen LogP contribution is 2.18. The summed E-state index contributed by atoms with van der Waals surface area (Å²) in [4.78, 5) is 41.6. The number of nitrogens with one attached hydrogen (secondary N) is 2. The third-order valence-electron chi connectivity index (χ3n) is 6.83. The molecule has 0 saturated carbocycles. The van der Waals surface area contributed by atoms with Gasteiger partial charge in [-0.05, 0) is 69.2 Å². The van der Waals surface area contributed by atoms with Gasteiger partial charge in [-0.15, -0.1) is 0 Å². The van der Waals surface area contributed by atoms with E-state index in [2.05, 4.69) is 10.6 Å². The van der Waals surface area contributed by atoms with E-state index in [-0.39, 0.29) is 24.3 Å². The first-order chi connectivity index (χ1) is 19.5. The first kappa shape index (κ1) is 32.0. The van der Waals surface area contributed by atoms with Gasteiger partial charge in [0.05, 0.1) is 0 Å². The third-order valence-corrected chi connectivity index (χ3v) is 6.83. The van der Waals surface area contributed by atoms with E-state index in [0.29, 0.717) is 31.9 Å². The number of hydrogen-bond acceptors (Lipinski definition) is 5. The molecule has 41 heavy (non-hydrogen) atoms. The van der Waals surface area contributed by atoms with Crippen molar-refractivity contribution in [2.75, 3.05) is 13.1 Å². The fourth-order valence-electron chi connectivity index (χ4n) is 4.75. The average molecular weight is 566 g/mol. The maximum absolute atomic E-state index is 13.5.